The summed E-state index contributed by atoms with van der Waals surface area (Å²) in [5, 5.41) is 9.61. The molecule has 2 aromatic rings. The van der Waals surface area contributed by atoms with Crippen LogP contribution in [0.3, 0.4) is 0 Å². The highest BCUT2D eigenvalue weighted by Crippen LogP contribution is 2.18. The minimum Gasteiger partial charge on any atom is -0.359 e. The van der Waals surface area contributed by atoms with Gasteiger partial charge in [0.25, 0.3) is 0 Å². The summed E-state index contributed by atoms with van der Waals surface area (Å²) in [7, 11) is 1.62. The monoisotopic (exact) mass is 276 g/mol. The summed E-state index contributed by atoms with van der Waals surface area (Å²) in [6, 6.07) is 8.04. The lowest BCUT2D eigenvalue weighted by molar-refractivity contribution is -0.120. The number of carbonyl (C=O) groups is 1. The summed E-state index contributed by atoms with van der Waals surface area (Å²) in [5.74, 6) is 0.742. The molecule has 1 amide bonds. The van der Waals surface area contributed by atoms with Crippen molar-refractivity contribution in [2.45, 2.75) is 19.9 Å². The Morgan fingerprint density at radius 2 is 2.11 bits per heavy atom. The number of benzene rings is 1. The lowest BCUT2D eigenvalue weighted by Crippen LogP contribution is -2.19. The van der Waals surface area contributed by atoms with Crippen molar-refractivity contribution in [1.29, 1.82) is 0 Å². The van der Waals surface area contributed by atoms with Gasteiger partial charge in [0, 0.05) is 25.6 Å². The van der Waals surface area contributed by atoms with Crippen LogP contribution in [0.5, 0.6) is 0 Å². The Bertz CT molecular complexity index is 627. The predicted octanol–water partition coefficient (Wildman–Crippen LogP) is 2.05. The summed E-state index contributed by atoms with van der Waals surface area (Å²) < 4.78 is 2.37. The smallest absolute Gasteiger partial charge is 0.221 e. The van der Waals surface area contributed by atoms with Gasteiger partial charge in [-0.05, 0) is 19.1 Å². The van der Waals surface area contributed by atoms with Gasteiger partial charge in [-0.1, -0.05) is 29.8 Å². The number of rotatable bonds is 4. The van der Waals surface area contributed by atoms with E-state index >= 15 is 0 Å². The highest BCUT2D eigenvalue weighted by molar-refractivity contribution is 7.71. The molecule has 6 heteroatoms. The average molecular weight is 276 g/mol. The number of carbonyl (C=O) groups excluding carboxylic acids is 1. The maximum absolute atomic E-state index is 11.3. The molecular formula is C13H16N4OS. The Kier molecular flexibility index (Phi) is 4.11. The van der Waals surface area contributed by atoms with Crippen LogP contribution < -0.4 is 5.32 Å². The molecule has 0 saturated heterocycles. The van der Waals surface area contributed by atoms with E-state index in [1.165, 1.54) is 5.56 Å². The Balaban J connectivity index is 2.29. The Morgan fingerprint density at radius 3 is 2.74 bits per heavy atom. The van der Waals surface area contributed by atoms with E-state index in [0.29, 0.717) is 17.7 Å². The molecule has 0 spiro atoms. The summed E-state index contributed by atoms with van der Waals surface area (Å²) in [4.78, 5) is 11.3. The van der Waals surface area contributed by atoms with Crippen LogP contribution in [-0.2, 0) is 11.3 Å². The molecule has 0 unspecified atom stereocenters. The van der Waals surface area contributed by atoms with E-state index < -0.39 is 0 Å². The first-order valence-electron chi connectivity index (χ1n) is 6.04. The molecule has 2 rings (SSSR count). The van der Waals surface area contributed by atoms with Gasteiger partial charge in [-0.15, -0.1) is 0 Å². The lowest BCUT2D eigenvalue weighted by Gasteiger charge is -2.06. The van der Waals surface area contributed by atoms with Crippen molar-refractivity contribution in [3.8, 4) is 11.4 Å². The van der Waals surface area contributed by atoms with Crippen LogP contribution in [0.2, 0.25) is 0 Å². The molecule has 0 atom stereocenters. The summed E-state index contributed by atoms with van der Waals surface area (Å²) in [6.07, 6.45) is 0.378. The fourth-order valence-electron chi connectivity index (χ4n) is 1.79. The van der Waals surface area contributed by atoms with Crippen LogP contribution in [0.25, 0.3) is 11.4 Å². The van der Waals surface area contributed by atoms with E-state index in [1.807, 2.05) is 35.8 Å². The summed E-state index contributed by atoms with van der Waals surface area (Å²) in [6.45, 7) is 2.55. The molecule has 100 valence electrons. The number of nitrogens with zero attached hydrogens (tertiary/aromatic N) is 2. The maximum atomic E-state index is 11.3. The standard InChI is InChI=1S/C13H16N4OS/c1-9-3-5-10(6-4-9)12-15-16-13(19)17(12)8-7-11(18)14-2/h3-6H,7-8H2,1-2H3,(H,14,18)(H,16,19). The first-order valence-corrected chi connectivity index (χ1v) is 6.45. The van der Waals surface area contributed by atoms with Gasteiger partial charge in [0.15, 0.2) is 10.6 Å². The molecule has 1 aromatic heterocycles. The minimum atomic E-state index is -0.0158. The fourth-order valence-corrected chi connectivity index (χ4v) is 2.01. The van der Waals surface area contributed by atoms with Gasteiger partial charge in [0.05, 0.1) is 0 Å². The van der Waals surface area contributed by atoms with Crippen molar-refractivity contribution in [1.82, 2.24) is 20.1 Å². The number of H-pyrrole nitrogens is 1. The van der Waals surface area contributed by atoms with E-state index in [9.17, 15) is 4.79 Å². The molecule has 0 fully saturated rings. The van der Waals surface area contributed by atoms with Crippen molar-refractivity contribution < 1.29 is 4.79 Å². The zero-order valence-corrected chi connectivity index (χ0v) is 11.8. The lowest BCUT2D eigenvalue weighted by atomic mass is 10.1. The first kappa shape index (κ1) is 13.5. The van der Waals surface area contributed by atoms with E-state index in [2.05, 4.69) is 15.5 Å². The summed E-state index contributed by atoms with van der Waals surface area (Å²) in [5.41, 5.74) is 2.17. The highest BCUT2D eigenvalue weighted by Gasteiger charge is 2.09. The third kappa shape index (κ3) is 3.08. The van der Waals surface area contributed by atoms with Crippen LogP contribution in [0.15, 0.2) is 24.3 Å². The van der Waals surface area contributed by atoms with Crippen molar-refractivity contribution in [3.63, 3.8) is 0 Å². The zero-order chi connectivity index (χ0) is 13.8. The molecule has 0 aliphatic heterocycles. The zero-order valence-electron chi connectivity index (χ0n) is 10.9. The molecule has 0 saturated carbocycles. The maximum Gasteiger partial charge on any atom is 0.221 e. The van der Waals surface area contributed by atoms with Gasteiger partial charge in [0.1, 0.15) is 0 Å². The van der Waals surface area contributed by atoms with Crippen molar-refractivity contribution in [3.05, 3.63) is 34.6 Å². The third-order valence-electron chi connectivity index (χ3n) is 2.91. The van der Waals surface area contributed by atoms with E-state index in [-0.39, 0.29) is 5.91 Å². The van der Waals surface area contributed by atoms with Gasteiger partial charge in [-0.25, -0.2) is 0 Å². The molecular weight excluding hydrogens is 260 g/mol. The molecule has 2 N–H and O–H groups in total. The molecule has 0 radical (unpaired) electrons. The van der Waals surface area contributed by atoms with E-state index in [1.54, 1.807) is 7.05 Å². The predicted molar refractivity (Wildman–Crippen MR) is 76.3 cm³/mol. The molecule has 1 heterocycles. The van der Waals surface area contributed by atoms with Gasteiger partial charge in [-0.2, -0.15) is 5.10 Å². The SMILES string of the molecule is CNC(=O)CCn1c(-c2ccc(C)cc2)n[nH]c1=S. The van der Waals surface area contributed by atoms with Crippen LogP contribution in [0.4, 0.5) is 0 Å². The van der Waals surface area contributed by atoms with Gasteiger partial charge in [0.2, 0.25) is 5.91 Å². The number of hydrogen-bond donors (Lipinski definition) is 2. The van der Waals surface area contributed by atoms with Gasteiger partial charge < -0.3 is 5.32 Å². The minimum absolute atomic E-state index is 0.0158. The Morgan fingerprint density at radius 1 is 1.42 bits per heavy atom. The first-order chi connectivity index (χ1) is 9.11. The van der Waals surface area contributed by atoms with Gasteiger partial charge in [-0.3, -0.25) is 14.5 Å². The molecule has 0 aliphatic rings. The molecule has 1 aromatic carbocycles. The second-order valence-electron chi connectivity index (χ2n) is 4.29. The second kappa shape index (κ2) is 5.79. The number of amides is 1. The Hall–Kier alpha value is -1.95. The fraction of sp³-hybridized carbons (Fsp3) is 0.308. The second-order valence-corrected chi connectivity index (χ2v) is 4.68. The molecule has 19 heavy (non-hydrogen) atoms. The normalized spacial score (nSPS) is 10.4. The van der Waals surface area contributed by atoms with Crippen molar-refractivity contribution >= 4 is 18.1 Å². The van der Waals surface area contributed by atoms with Gasteiger partial charge >= 0.3 is 0 Å². The highest BCUT2D eigenvalue weighted by atomic mass is 32.1. The van der Waals surface area contributed by atoms with E-state index in [0.717, 1.165) is 11.4 Å². The number of aromatic amines is 1. The topological polar surface area (TPSA) is 62.7 Å². The molecule has 5 nitrogen and oxygen atoms in total. The third-order valence-corrected chi connectivity index (χ3v) is 3.22. The van der Waals surface area contributed by atoms with Crippen LogP contribution in [0.1, 0.15) is 12.0 Å². The van der Waals surface area contributed by atoms with Crippen LogP contribution in [0, 0.1) is 11.7 Å². The number of aromatic nitrogens is 3. The van der Waals surface area contributed by atoms with Crippen molar-refractivity contribution in [2.24, 2.45) is 0 Å². The quantitative estimate of drug-likeness (QED) is 0.840. The Labute approximate surface area is 116 Å². The number of hydrogen-bond acceptors (Lipinski definition) is 3. The largest absolute Gasteiger partial charge is 0.359 e. The average Bonchev–Trinajstić information content (AvgIpc) is 2.78. The molecule has 0 aliphatic carbocycles. The van der Waals surface area contributed by atoms with Crippen molar-refractivity contribution in [2.75, 3.05) is 7.05 Å². The van der Waals surface area contributed by atoms with Crippen LogP contribution in [-0.4, -0.2) is 27.7 Å². The van der Waals surface area contributed by atoms with Crippen LogP contribution >= 0.6 is 12.2 Å². The summed E-state index contributed by atoms with van der Waals surface area (Å²) >= 11 is 5.20. The van der Waals surface area contributed by atoms with E-state index in [4.69, 9.17) is 12.2 Å². The number of aryl methyl sites for hydroxylation is 1. The number of nitrogens with one attached hydrogen (secondary N) is 2. The molecule has 0 bridgehead atoms.